The predicted octanol–water partition coefficient (Wildman–Crippen LogP) is 14.4. The van der Waals surface area contributed by atoms with Crippen LogP contribution in [0.1, 0.15) is 142 Å². The van der Waals surface area contributed by atoms with Crippen LogP contribution < -0.4 is 0 Å². The van der Waals surface area contributed by atoms with Crippen molar-refractivity contribution in [2.75, 3.05) is 19.8 Å². The van der Waals surface area contributed by atoms with E-state index in [1.54, 1.807) is 0 Å². The molecule has 0 aromatic rings. The minimum absolute atomic E-state index is 0.217. The molecule has 0 aromatic heterocycles. The number of rotatable bonds is 37. The summed E-state index contributed by atoms with van der Waals surface area (Å²) in [6.45, 7) is 4.96. The van der Waals surface area contributed by atoms with E-state index in [0.29, 0.717) is 13.0 Å². The second-order valence-electron chi connectivity index (χ2n) is 13.3. The number of esters is 1. The Hall–Kier alpha value is -3.73. The third kappa shape index (κ3) is 44.6. The number of aliphatic hydroxyl groups is 1. The zero-order chi connectivity index (χ0) is 39.8. The topological polar surface area (TPSA) is 55.8 Å². The van der Waals surface area contributed by atoms with Gasteiger partial charge in [-0.25, -0.2) is 0 Å². The molecule has 0 radical (unpaired) electrons. The van der Waals surface area contributed by atoms with E-state index in [1.807, 2.05) is 0 Å². The lowest BCUT2D eigenvalue weighted by atomic mass is 10.1. The molecule has 0 aliphatic heterocycles. The Balaban J connectivity index is 3.67. The van der Waals surface area contributed by atoms with Gasteiger partial charge in [-0.1, -0.05) is 173 Å². The van der Waals surface area contributed by atoms with Crippen molar-refractivity contribution in [3.8, 4) is 0 Å². The molecule has 1 atom stereocenters. The fourth-order valence-electron chi connectivity index (χ4n) is 5.05. The smallest absolute Gasteiger partial charge is 0.306 e. The maximum atomic E-state index is 12.2. The van der Waals surface area contributed by atoms with Crippen LogP contribution in [0.2, 0.25) is 0 Å². The monoisotopic (exact) mass is 755 g/mol. The molecule has 0 aliphatic rings. The van der Waals surface area contributed by atoms with Gasteiger partial charge in [-0.15, -0.1) is 0 Å². The highest BCUT2D eigenvalue weighted by atomic mass is 16.6. The zero-order valence-electron chi connectivity index (χ0n) is 34.9. The summed E-state index contributed by atoms with van der Waals surface area (Å²) in [6, 6.07) is 0. The molecule has 4 nitrogen and oxygen atoms in total. The van der Waals surface area contributed by atoms with Gasteiger partial charge < -0.3 is 14.6 Å². The van der Waals surface area contributed by atoms with Crippen molar-refractivity contribution in [1.82, 2.24) is 0 Å². The van der Waals surface area contributed by atoms with Gasteiger partial charge in [-0.3, -0.25) is 4.79 Å². The van der Waals surface area contributed by atoms with Crippen LogP contribution in [0.4, 0.5) is 0 Å². The Morgan fingerprint density at radius 1 is 0.436 bits per heavy atom. The average molecular weight is 755 g/mol. The molecule has 4 heteroatoms. The Morgan fingerprint density at radius 3 is 1.13 bits per heavy atom. The van der Waals surface area contributed by atoms with Crippen LogP contribution in [0.3, 0.4) is 0 Å². The fourth-order valence-corrected chi connectivity index (χ4v) is 5.05. The van der Waals surface area contributed by atoms with E-state index < -0.39 is 6.10 Å². The highest BCUT2D eigenvalue weighted by Gasteiger charge is 2.13. The molecule has 1 unspecified atom stereocenters. The van der Waals surface area contributed by atoms with E-state index >= 15 is 0 Å². The normalized spacial score (nSPS) is 13.9. The van der Waals surface area contributed by atoms with E-state index in [1.165, 1.54) is 12.8 Å². The Bertz CT molecular complexity index is 1200. The number of ether oxygens (including phenoxy) is 2. The third-order valence-electron chi connectivity index (χ3n) is 8.16. The molecule has 0 fully saturated rings. The minimum Gasteiger partial charge on any atom is -0.457 e. The number of unbranched alkanes of at least 4 members (excludes halogenated alkanes) is 5. The lowest BCUT2D eigenvalue weighted by molar-refractivity contribution is -0.154. The molecule has 0 spiro atoms. The quantitative estimate of drug-likeness (QED) is 0.0390. The van der Waals surface area contributed by atoms with Crippen LogP contribution in [0.15, 0.2) is 146 Å². The molecule has 306 valence electrons. The van der Waals surface area contributed by atoms with Gasteiger partial charge in [0, 0.05) is 13.0 Å². The van der Waals surface area contributed by atoms with Gasteiger partial charge in [0.25, 0.3) is 0 Å². The van der Waals surface area contributed by atoms with E-state index in [2.05, 4.69) is 160 Å². The van der Waals surface area contributed by atoms with Crippen LogP contribution in [0, 0.1) is 0 Å². The van der Waals surface area contributed by atoms with Crippen LogP contribution in [0.5, 0.6) is 0 Å². The SMILES string of the molecule is CC/C=C\C/C=C\C/C=C\C/C=C\C/C=C\C/C=C\C/C=C\CCCCCCOCC(CO)OC(=O)CCC/C=C\C/C=C\C/C=C\C/C=C\C/C=C\CC. The molecule has 1 N–H and O–H groups in total. The summed E-state index contributed by atoms with van der Waals surface area (Å²) in [5.74, 6) is -0.274. The average Bonchev–Trinajstić information content (AvgIpc) is 3.19. The molecule has 0 saturated carbocycles. The van der Waals surface area contributed by atoms with E-state index in [9.17, 15) is 9.90 Å². The Morgan fingerprint density at radius 2 is 0.764 bits per heavy atom. The number of allylic oxidation sites excluding steroid dienone is 24. The predicted molar refractivity (Wildman–Crippen MR) is 241 cm³/mol. The summed E-state index contributed by atoms with van der Waals surface area (Å²) in [5, 5.41) is 9.59. The highest BCUT2D eigenvalue weighted by Crippen LogP contribution is 2.07. The first-order valence-electron chi connectivity index (χ1n) is 21.4. The van der Waals surface area contributed by atoms with Crippen molar-refractivity contribution in [3.63, 3.8) is 0 Å². The first-order chi connectivity index (χ1) is 27.2. The standard InChI is InChI=1S/C51H78O4/c1-3-5-7-9-11-13-15-17-19-21-22-23-24-25-26-27-28-29-31-33-35-37-39-41-43-45-47-54-49-50(48-52)55-51(53)46-44-42-40-38-36-34-32-30-20-18-16-14-12-10-8-6-4-2/h5-8,11-14,17-20,22-23,25-26,28-29,32-35,38,40,50,52H,3-4,9-10,15-16,21,24,27,30-31,36-37,39,41-49H2,1-2H3/b7-5-,8-6-,13-11-,14-12-,19-17-,20-18-,23-22-,26-25-,29-28-,34-32-,35-33-,40-38-. The van der Waals surface area contributed by atoms with Gasteiger partial charge in [-0.2, -0.15) is 0 Å². The van der Waals surface area contributed by atoms with Crippen LogP contribution in [-0.2, 0) is 14.3 Å². The summed E-state index contributed by atoms with van der Waals surface area (Å²) < 4.78 is 11.1. The summed E-state index contributed by atoms with van der Waals surface area (Å²) in [6.07, 6.45) is 72.0. The lowest BCUT2D eigenvalue weighted by Crippen LogP contribution is -2.27. The minimum atomic E-state index is -0.590. The van der Waals surface area contributed by atoms with Crippen molar-refractivity contribution >= 4 is 5.97 Å². The Kier molecular flexibility index (Phi) is 43.3. The molecular formula is C51H78O4. The van der Waals surface area contributed by atoms with E-state index in [4.69, 9.17) is 9.47 Å². The van der Waals surface area contributed by atoms with E-state index in [0.717, 1.165) is 109 Å². The molecule has 0 heterocycles. The van der Waals surface area contributed by atoms with Gasteiger partial charge in [0.05, 0.1) is 13.2 Å². The molecule has 0 aromatic carbocycles. The number of hydrogen-bond donors (Lipinski definition) is 1. The summed E-state index contributed by atoms with van der Waals surface area (Å²) in [7, 11) is 0. The maximum absolute atomic E-state index is 12.2. The van der Waals surface area contributed by atoms with Crippen LogP contribution in [-0.4, -0.2) is 37.0 Å². The zero-order valence-corrected chi connectivity index (χ0v) is 34.9. The molecular weight excluding hydrogens is 677 g/mol. The third-order valence-corrected chi connectivity index (χ3v) is 8.16. The summed E-state index contributed by atoms with van der Waals surface area (Å²) >= 11 is 0. The largest absolute Gasteiger partial charge is 0.457 e. The van der Waals surface area contributed by atoms with Crippen molar-refractivity contribution in [3.05, 3.63) is 146 Å². The molecule has 0 saturated heterocycles. The first-order valence-corrected chi connectivity index (χ1v) is 21.4. The second-order valence-corrected chi connectivity index (χ2v) is 13.3. The fraction of sp³-hybridized carbons (Fsp3) is 0.510. The van der Waals surface area contributed by atoms with Gasteiger partial charge in [0.2, 0.25) is 0 Å². The summed E-state index contributed by atoms with van der Waals surface area (Å²) in [4.78, 5) is 12.2. The van der Waals surface area contributed by atoms with Gasteiger partial charge in [-0.05, 0) is 109 Å². The number of aliphatic hydroxyl groups excluding tert-OH is 1. The van der Waals surface area contributed by atoms with Crippen molar-refractivity contribution in [1.29, 1.82) is 0 Å². The highest BCUT2D eigenvalue weighted by molar-refractivity contribution is 5.69. The van der Waals surface area contributed by atoms with Crippen molar-refractivity contribution in [2.45, 2.75) is 148 Å². The maximum Gasteiger partial charge on any atom is 0.306 e. The van der Waals surface area contributed by atoms with Gasteiger partial charge in [0.1, 0.15) is 6.10 Å². The van der Waals surface area contributed by atoms with E-state index in [-0.39, 0.29) is 19.2 Å². The van der Waals surface area contributed by atoms with Crippen molar-refractivity contribution in [2.24, 2.45) is 0 Å². The van der Waals surface area contributed by atoms with Crippen LogP contribution in [0.25, 0.3) is 0 Å². The number of hydrogen-bond acceptors (Lipinski definition) is 4. The van der Waals surface area contributed by atoms with Crippen LogP contribution >= 0.6 is 0 Å². The lowest BCUT2D eigenvalue weighted by Gasteiger charge is -2.15. The van der Waals surface area contributed by atoms with Crippen molar-refractivity contribution < 1.29 is 19.4 Å². The molecule has 0 rings (SSSR count). The molecule has 0 bridgehead atoms. The molecule has 55 heavy (non-hydrogen) atoms. The molecule has 0 aliphatic carbocycles. The number of carbonyl (C=O) groups excluding carboxylic acids is 1. The second kappa shape index (κ2) is 46.4. The Labute approximate surface area is 338 Å². The number of carbonyl (C=O) groups is 1. The van der Waals surface area contributed by atoms with Gasteiger partial charge in [0.15, 0.2) is 0 Å². The van der Waals surface area contributed by atoms with Gasteiger partial charge >= 0.3 is 5.97 Å². The first kappa shape index (κ1) is 51.3. The molecule has 0 amide bonds. The summed E-state index contributed by atoms with van der Waals surface area (Å²) in [5.41, 5.74) is 0.